The highest BCUT2D eigenvalue weighted by atomic mass is 16.4. The lowest BCUT2D eigenvalue weighted by Crippen LogP contribution is -2.47. The molecule has 0 aromatic rings. The number of amides is 1. The Bertz CT molecular complexity index is 338. The molecular weight excluding hydrogens is 230 g/mol. The van der Waals surface area contributed by atoms with Crippen molar-refractivity contribution in [3.05, 3.63) is 11.6 Å². The van der Waals surface area contributed by atoms with E-state index >= 15 is 0 Å². The number of hydrogen-bond acceptors (Lipinski definition) is 2. The van der Waals surface area contributed by atoms with Crippen LogP contribution in [0.3, 0.4) is 0 Å². The van der Waals surface area contributed by atoms with Crippen molar-refractivity contribution in [2.45, 2.75) is 46.1 Å². The molecule has 1 aliphatic rings. The third kappa shape index (κ3) is 3.59. The Labute approximate surface area is 109 Å². The Balaban J connectivity index is 2.88. The maximum absolute atomic E-state index is 11.5. The molecule has 0 fully saturated rings. The molecule has 4 heteroatoms. The lowest BCUT2D eigenvalue weighted by Gasteiger charge is -2.35. The summed E-state index contributed by atoms with van der Waals surface area (Å²) in [5.74, 6) is -0.470. The van der Waals surface area contributed by atoms with Gasteiger partial charge < -0.3 is 10.0 Å². The van der Waals surface area contributed by atoms with Gasteiger partial charge in [-0.1, -0.05) is 25.5 Å². The summed E-state index contributed by atoms with van der Waals surface area (Å²) in [6.07, 6.45) is 5.26. The maximum atomic E-state index is 11.5. The fraction of sp³-hybridized carbons (Fsp3) is 0.714. The van der Waals surface area contributed by atoms with Crippen molar-refractivity contribution in [1.82, 2.24) is 4.90 Å². The Kier molecular flexibility index (Phi) is 5.38. The molecule has 4 nitrogen and oxygen atoms in total. The first-order valence-corrected chi connectivity index (χ1v) is 6.60. The van der Waals surface area contributed by atoms with E-state index in [0.29, 0.717) is 18.9 Å². The molecule has 0 aromatic carbocycles. The van der Waals surface area contributed by atoms with E-state index in [1.807, 2.05) is 13.8 Å². The van der Waals surface area contributed by atoms with Crippen LogP contribution in [-0.2, 0) is 9.59 Å². The van der Waals surface area contributed by atoms with Crippen molar-refractivity contribution in [3.63, 3.8) is 0 Å². The molecular formula is C14H23NO3. The van der Waals surface area contributed by atoms with Gasteiger partial charge in [-0.05, 0) is 38.0 Å². The van der Waals surface area contributed by atoms with Gasteiger partial charge in [-0.2, -0.15) is 0 Å². The van der Waals surface area contributed by atoms with E-state index < -0.39 is 12.0 Å². The van der Waals surface area contributed by atoms with Crippen LogP contribution >= 0.6 is 0 Å². The van der Waals surface area contributed by atoms with Gasteiger partial charge in [0, 0.05) is 6.54 Å². The number of carboxylic acid groups (broad SMARTS) is 1. The zero-order valence-corrected chi connectivity index (χ0v) is 11.4. The van der Waals surface area contributed by atoms with E-state index in [9.17, 15) is 14.7 Å². The molecule has 18 heavy (non-hydrogen) atoms. The number of carbonyl (C=O) groups excluding carboxylic acids is 1. The first-order valence-electron chi connectivity index (χ1n) is 6.60. The average Bonchev–Trinajstić information content (AvgIpc) is 2.26. The third-order valence-electron chi connectivity index (χ3n) is 3.50. The monoisotopic (exact) mass is 253 g/mol. The fourth-order valence-electron chi connectivity index (χ4n) is 2.97. The summed E-state index contributed by atoms with van der Waals surface area (Å²) in [7, 11) is 0. The predicted molar refractivity (Wildman–Crippen MR) is 70.1 cm³/mol. The van der Waals surface area contributed by atoms with Gasteiger partial charge >= 0.3 is 5.97 Å². The SMILES string of the molecule is CCCN(C=O)C(C(=O)O)C1CC(C)=CC(C)C1. The van der Waals surface area contributed by atoms with Crippen LogP contribution in [0.25, 0.3) is 0 Å². The quantitative estimate of drug-likeness (QED) is 0.583. The lowest BCUT2D eigenvalue weighted by molar-refractivity contribution is -0.149. The van der Waals surface area contributed by atoms with Gasteiger partial charge in [0.1, 0.15) is 6.04 Å². The molecule has 3 atom stereocenters. The van der Waals surface area contributed by atoms with Gasteiger partial charge in [-0.3, -0.25) is 4.79 Å². The van der Waals surface area contributed by atoms with E-state index in [2.05, 4.69) is 13.0 Å². The van der Waals surface area contributed by atoms with Gasteiger partial charge in [-0.25, -0.2) is 4.79 Å². The van der Waals surface area contributed by atoms with Crippen LogP contribution in [0, 0.1) is 11.8 Å². The molecule has 3 unspecified atom stereocenters. The van der Waals surface area contributed by atoms with Crippen LogP contribution in [0.5, 0.6) is 0 Å². The molecule has 1 N–H and O–H groups in total. The first-order chi connectivity index (χ1) is 8.49. The van der Waals surface area contributed by atoms with Crippen molar-refractivity contribution in [2.75, 3.05) is 6.54 Å². The smallest absolute Gasteiger partial charge is 0.326 e. The van der Waals surface area contributed by atoms with Crippen molar-refractivity contribution >= 4 is 12.4 Å². The minimum atomic E-state index is -0.887. The minimum Gasteiger partial charge on any atom is -0.480 e. The van der Waals surface area contributed by atoms with Gasteiger partial charge in [0.2, 0.25) is 6.41 Å². The molecule has 0 bridgehead atoms. The Morgan fingerprint density at radius 1 is 1.67 bits per heavy atom. The average molecular weight is 253 g/mol. The first kappa shape index (κ1) is 14.7. The number of aliphatic carboxylic acids is 1. The maximum Gasteiger partial charge on any atom is 0.326 e. The summed E-state index contributed by atoms with van der Waals surface area (Å²) in [6.45, 7) is 6.59. The molecule has 1 aliphatic carbocycles. The van der Waals surface area contributed by atoms with Crippen LogP contribution in [0.4, 0.5) is 0 Å². The van der Waals surface area contributed by atoms with Crippen LogP contribution in [0.1, 0.15) is 40.0 Å². The summed E-state index contributed by atoms with van der Waals surface area (Å²) in [5, 5.41) is 9.41. The molecule has 1 amide bonds. The number of carboxylic acids is 1. The number of nitrogens with zero attached hydrogens (tertiary/aromatic N) is 1. The second kappa shape index (κ2) is 6.57. The zero-order chi connectivity index (χ0) is 13.7. The number of hydrogen-bond donors (Lipinski definition) is 1. The Morgan fingerprint density at radius 3 is 2.78 bits per heavy atom. The van der Waals surface area contributed by atoms with Crippen molar-refractivity contribution in [3.8, 4) is 0 Å². The molecule has 0 saturated carbocycles. The molecule has 0 radical (unpaired) electrons. The second-order valence-electron chi connectivity index (χ2n) is 5.32. The molecule has 0 aromatic heterocycles. The van der Waals surface area contributed by atoms with Crippen LogP contribution in [0.2, 0.25) is 0 Å². The summed E-state index contributed by atoms with van der Waals surface area (Å²) in [4.78, 5) is 24.0. The lowest BCUT2D eigenvalue weighted by atomic mass is 9.79. The van der Waals surface area contributed by atoms with Gasteiger partial charge in [0.15, 0.2) is 0 Å². The minimum absolute atomic E-state index is 0.0271. The zero-order valence-electron chi connectivity index (χ0n) is 11.4. The van der Waals surface area contributed by atoms with Gasteiger partial charge in [-0.15, -0.1) is 0 Å². The van der Waals surface area contributed by atoms with E-state index in [0.717, 1.165) is 19.3 Å². The Morgan fingerprint density at radius 2 is 2.33 bits per heavy atom. The fourth-order valence-corrected chi connectivity index (χ4v) is 2.97. The Hall–Kier alpha value is -1.32. The molecule has 102 valence electrons. The van der Waals surface area contributed by atoms with E-state index in [1.165, 1.54) is 10.5 Å². The molecule has 0 heterocycles. The predicted octanol–water partition coefficient (Wildman–Crippen LogP) is 2.30. The van der Waals surface area contributed by atoms with Crippen LogP contribution < -0.4 is 0 Å². The van der Waals surface area contributed by atoms with Gasteiger partial charge in [0.05, 0.1) is 0 Å². The molecule has 1 rings (SSSR count). The molecule has 0 aliphatic heterocycles. The highest BCUT2D eigenvalue weighted by Gasteiger charge is 2.35. The molecule has 0 saturated heterocycles. The number of carbonyl (C=O) groups is 2. The summed E-state index contributed by atoms with van der Waals surface area (Å²) >= 11 is 0. The van der Waals surface area contributed by atoms with E-state index in [4.69, 9.17) is 0 Å². The normalized spacial score (nSPS) is 25.2. The molecule has 0 spiro atoms. The van der Waals surface area contributed by atoms with Gasteiger partial charge in [0.25, 0.3) is 0 Å². The van der Waals surface area contributed by atoms with Crippen LogP contribution in [0.15, 0.2) is 11.6 Å². The summed E-state index contributed by atoms with van der Waals surface area (Å²) < 4.78 is 0. The topological polar surface area (TPSA) is 57.6 Å². The van der Waals surface area contributed by atoms with Crippen molar-refractivity contribution in [1.29, 1.82) is 0 Å². The van der Waals surface area contributed by atoms with E-state index in [-0.39, 0.29) is 5.92 Å². The standard InChI is InChI=1S/C14H23NO3/c1-4-5-15(9-16)13(14(17)18)12-7-10(2)6-11(3)8-12/h6,9-10,12-13H,4-5,7-8H2,1-3H3,(H,17,18). The van der Waals surface area contributed by atoms with Crippen LogP contribution in [-0.4, -0.2) is 35.0 Å². The number of rotatable bonds is 6. The van der Waals surface area contributed by atoms with Crippen molar-refractivity contribution in [2.24, 2.45) is 11.8 Å². The third-order valence-corrected chi connectivity index (χ3v) is 3.50. The highest BCUT2D eigenvalue weighted by Crippen LogP contribution is 2.32. The van der Waals surface area contributed by atoms with E-state index in [1.54, 1.807) is 0 Å². The van der Waals surface area contributed by atoms with Crippen molar-refractivity contribution < 1.29 is 14.7 Å². The summed E-state index contributed by atoms with van der Waals surface area (Å²) in [6, 6.07) is -0.687. The summed E-state index contributed by atoms with van der Waals surface area (Å²) in [5.41, 5.74) is 1.23. The largest absolute Gasteiger partial charge is 0.480 e. The second-order valence-corrected chi connectivity index (χ2v) is 5.32. The highest BCUT2D eigenvalue weighted by molar-refractivity contribution is 5.76. The number of allylic oxidation sites excluding steroid dienone is 2.